The smallest absolute Gasteiger partial charge is 0.234 e. The molecule has 0 saturated carbocycles. The molecule has 1 amide bonds. The van der Waals surface area contributed by atoms with E-state index < -0.39 is 0 Å². The third-order valence-electron chi connectivity index (χ3n) is 2.75. The third kappa shape index (κ3) is 3.06. The fourth-order valence-corrected chi connectivity index (χ4v) is 2.90. The number of carbonyl (C=O) groups is 1. The van der Waals surface area contributed by atoms with Crippen molar-refractivity contribution in [3.05, 3.63) is 21.4 Å². The number of nitrogens with one attached hydrogen (secondary N) is 1. The van der Waals surface area contributed by atoms with Crippen molar-refractivity contribution in [2.45, 2.75) is 46.2 Å². The molecule has 0 aliphatic heterocycles. The van der Waals surface area contributed by atoms with E-state index in [1.165, 1.54) is 15.3 Å². The minimum absolute atomic E-state index is 0.169. The highest BCUT2D eigenvalue weighted by atomic mass is 32.1. The molecule has 0 bridgehead atoms. The van der Waals surface area contributed by atoms with Gasteiger partial charge in [0, 0.05) is 15.8 Å². The molecule has 1 aromatic heterocycles. The lowest BCUT2D eigenvalue weighted by Gasteiger charge is -2.19. The Labute approximate surface area is 101 Å². The van der Waals surface area contributed by atoms with Crippen LogP contribution in [0.1, 0.15) is 41.6 Å². The number of carbonyl (C=O) groups excluding carboxylic acids is 1. The molecule has 2 atom stereocenters. The minimum Gasteiger partial charge on any atom is -0.368 e. The number of primary amides is 1. The predicted molar refractivity (Wildman–Crippen MR) is 68.6 cm³/mol. The highest BCUT2D eigenvalue weighted by Crippen LogP contribution is 2.26. The van der Waals surface area contributed by atoms with Crippen molar-refractivity contribution in [3.8, 4) is 0 Å². The zero-order chi connectivity index (χ0) is 12.3. The molecule has 0 saturated heterocycles. The summed E-state index contributed by atoms with van der Waals surface area (Å²) < 4.78 is 0. The normalized spacial score (nSPS) is 14.8. The van der Waals surface area contributed by atoms with Gasteiger partial charge in [-0.25, -0.2) is 0 Å². The summed E-state index contributed by atoms with van der Waals surface area (Å²) in [5, 5.41) is 3.27. The van der Waals surface area contributed by atoms with Gasteiger partial charge in [0.15, 0.2) is 0 Å². The Balaban J connectivity index is 2.75. The zero-order valence-electron chi connectivity index (χ0n) is 10.3. The highest BCUT2D eigenvalue weighted by Gasteiger charge is 2.18. The topological polar surface area (TPSA) is 55.1 Å². The van der Waals surface area contributed by atoms with Crippen molar-refractivity contribution in [1.29, 1.82) is 0 Å². The van der Waals surface area contributed by atoms with Crippen molar-refractivity contribution < 1.29 is 4.79 Å². The Morgan fingerprint density at radius 1 is 1.56 bits per heavy atom. The number of hydrogen-bond donors (Lipinski definition) is 2. The second-order valence-electron chi connectivity index (χ2n) is 4.12. The molecule has 0 spiro atoms. The first-order valence-electron chi connectivity index (χ1n) is 5.58. The summed E-state index contributed by atoms with van der Waals surface area (Å²) in [6.45, 7) is 8.23. The number of hydrogen-bond acceptors (Lipinski definition) is 3. The van der Waals surface area contributed by atoms with Crippen LogP contribution < -0.4 is 11.1 Å². The van der Waals surface area contributed by atoms with Crippen LogP contribution in [0.15, 0.2) is 6.07 Å². The van der Waals surface area contributed by atoms with Gasteiger partial charge in [0.1, 0.15) is 0 Å². The standard InChI is InChI=1S/C12H20N2OS/c1-5-11(12(13)15)14-8(3)10-6-7(2)16-9(10)4/h6,8,11,14H,5H2,1-4H3,(H2,13,15). The Bertz CT molecular complexity index is 373. The first-order chi connectivity index (χ1) is 7.45. The van der Waals surface area contributed by atoms with E-state index in [0.717, 1.165) is 6.42 Å². The van der Waals surface area contributed by atoms with Crippen LogP contribution in [0.3, 0.4) is 0 Å². The molecular weight excluding hydrogens is 220 g/mol. The van der Waals surface area contributed by atoms with Gasteiger partial charge >= 0.3 is 0 Å². The lowest BCUT2D eigenvalue weighted by molar-refractivity contribution is -0.120. The van der Waals surface area contributed by atoms with Crippen LogP contribution in [-0.2, 0) is 4.79 Å². The molecule has 2 unspecified atom stereocenters. The van der Waals surface area contributed by atoms with E-state index in [-0.39, 0.29) is 18.0 Å². The summed E-state index contributed by atoms with van der Waals surface area (Å²) in [6.07, 6.45) is 0.724. The van der Waals surface area contributed by atoms with Gasteiger partial charge in [0.25, 0.3) is 0 Å². The van der Waals surface area contributed by atoms with Gasteiger partial charge in [-0.3, -0.25) is 10.1 Å². The Morgan fingerprint density at radius 3 is 2.56 bits per heavy atom. The van der Waals surface area contributed by atoms with Crippen LogP contribution in [0.2, 0.25) is 0 Å². The average Bonchev–Trinajstić information content (AvgIpc) is 2.53. The number of thiophene rings is 1. The van der Waals surface area contributed by atoms with Gasteiger partial charge in [0.2, 0.25) is 5.91 Å². The van der Waals surface area contributed by atoms with E-state index in [0.29, 0.717) is 0 Å². The molecule has 0 radical (unpaired) electrons. The van der Waals surface area contributed by atoms with E-state index in [1.807, 2.05) is 6.92 Å². The number of nitrogens with two attached hydrogens (primary N) is 1. The molecule has 0 fully saturated rings. The maximum atomic E-state index is 11.1. The Kier molecular flexibility index (Phi) is 4.50. The summed E-state index contributed by atoms with van der Waals surface area (Å²) in [5.41, 5.74) is 6.58. The number of aryl methyl sites for hydroxylation is 2. The van der Waals surface area contributed by atoms with E-state index >= 15 is 0 Å². The summed E-state index contributed by atoms with van der Waals surface area (Å²) in [5.74, 6) is -0.279. The van der Waals surface area contributed by atoms with Gasteiger partial charge in [0.05, 0.1) is 6.04 Å². The lowest BCUT2D eigenvalue weighted by Crippen LogP contribution is -2.41. The van der Waals surface area contributed by atoms with Gasteiger partial charge in [-0.05, 0) is 38.8 Å². The summed E-state index contributed by atoms with van der Waals surface area (Å²) in [7, 11) is 0. The average molecular weight is 240 g/mol. The Hall–Kier alpha value is -0.870. The largest absolute Gasteiger partial charge is 0.368 e. The molecule has 4 heteroatoms. The molecule has 0 aliphatic carbocycles. The van der Waals surface area contributed by atoms with Gasteiger partial charge in [-0.15, -0.1) is 11.3 Å². The lowest BCUT2D eigenvalue weighted by atomic mass is 10.1. The fraction of sp³-hybridized carbons (Fsp3) is 0.583. The molecule has 1 heterocycles. The first kappa shape index (κ1) is 13.2. The van der Waals surface area contributed by atoms with Crippen molar-refractivity contribution in [3.63, 3.8) is 0 Å². The van der Waals surface area contributed by atoms with Crippen LogP contribution in [0.5, 0.6) is 0 Å². The second-order valence-corrected chi connectivity index (χ2v) is 5.58. The van der Waals surface area contributed by atoms with Gasteiger partial charge < -0.3 is 5.73 Å². The van der Waals surface area contributed by atoms with Crippen molar-refractivity contribution in [2.75, 3.05) is 0 Å². The molecule has 1 aromatic rings. The zero-order valence-corrected chi connectivity index (χ0v) is 11.1. The third-order valence-corrected chi connectivity index (χ3v) is 3.73. The van der Waals surface area contributed by atoms with E-state index in [9.17, 15) is 4.79 Å². The van der Waals surface area contributed by atoms with Gasteiger partial charge in [-0.1, -0.05) is 6.92 Å². The Morgan fingerprint density at radius 2 is 2.19 bits per heavy atom. The first-order valence-corrected chi connectivity index (χ1v) is 6.39. The molecule has 1 rings (SSSR count). The molecule has 90 valence electrons. The van der Waals surface area contributed by atoms with Crippen molar-refractivity contribution >= 4 is 17.2 Å². The predicted octanol–water partition coefficient (Wildman–Crippen LogP) is 2.28. The van der Waals surface area contributed by atoms with Crippen molar-refractivity contribution in [1.82, 2.24) is 5.32 Å². The molecular formula is C12H20N2OS. The summed E-state index contributed by atoms with van der Waals surface area (Å²) in [6, 6.07) is 2.10. The maximum Gasteiger partial charge on any atom is 0.234 e. The van der Waals surface area contributed by atoms with Crippen LogP contribution >= 0.6 is 11.3 Å². The second kappa shape index (κ2) is 5.46. The summed E-state index contributed by atoms with van der Waals surface area (Å²) >= 11 is 1.78. The maximum absolute atomic E-state index is 11.1. The van der Waals surface area contributed by atoms with Crippen LogP contribution in [-0.4, -0.2) is 11.9 Å². The highest BCUT2D eigenvalue weighted by molar-refractivity contribution is 7.12. The van der Waals surface area contributed by atoms with E-state index in [1.54, 1.807) is 11.3 Å². The minimum atomic E-state index is -0.279. The van der Waals surface area contributed by atoms with Crippen LogP contribution in [0.25, 0.3) is 0 Å². The molecule has 0 aliphatic rings. The quantitative estimate of drug-likeness (QED) is 0.829. The van der Waals surface area contributed by atoms with Crippen LogP contribution in [0, 0.1) is 13.8 Å². The summed E-state index contributed by atoms with van der Waals surface area (Å²) in [4.78, 5) is 13.8. The van der Waals surface area contributed by atoms with Gasteiger partial charge in [-0.2, -0.15) is 0 Å². The van der Waals surface area contributed by atoms with E-state index in [4.69, 9.17) is 5.73 Å². The molecule has 3 N–H and O–H groups in total. The monoisotopic (exact) mass is 240 g/mol. The molecule has 16 heavy (non-hydrogen) atoms. The fourth-order valence-electron chi connectivity index (χ4n) is 1.87. The molecule has 3 nitrogen and oxygen atoms in total. The molecule has 0 aromatic carbocycles. The van der Waals surface area contributed by atoms with Crippen molar-refractivity contribution in [2.24, 2.45) is 5.73 Å². The number of rotatable bonds is 5. The number of amides is 1. The SMILES string of the molecule is CCC(NC(C)c1cc(C)sc1C)C(N)=O. The van der Waals surface area contributed by atoms with E-state index in [2.05, 4.69) is 32.2 Å². The van der Waals surface area contributed by atoms with Crippen LogP contribution in [0.4, 0.5) is 0 Å².